The normalized spacial score (nSPS) is 16.4. The van der Waals surface area contributed by atoms with Gasteiger partial charge in [-0.05, 0) is 101 Å². The Kier molecular flexibility index (Phi) is 9.57. The van der Waals surface area contributed by atoms with Crippen LogP contribution in [0.4, 0.5) is 10.5 Å². The molecule has 7 nitrogen and oxygen atoms in total. The topological polar surface area (TPSA) is 75.5 Å². The zero-order chi connectivity index (χ0) is 25.0. The Bertz CT molecular complexity index is 837. The number of hydrogen-bond acceptors (Lipinski definition) is 5. The number of carbonyl (C=O) groups is 1. The van der Waals surface area contributed by atoms with Crippen molar-refractivity contribution in [3.05, 3.63) is 26.6 Å². The van der Waals surface area contributed by atoms with Crippen molar-refractivity contribution in [2.75, 3.05) is 19.7 Å². The second kappa shape index (κ2) is 11.2. The van der Waals surface area contributed by atoms with Crippen molar-refractivity contribution in [1.29, 1.82) is 0 Å². The van der Waals surface area contributed by atoms with E-state index in [2.05, 4.69) is 81.4 Å². The molecule has 0 aliphatic carbocycles. The van der Waals surface area contributed by atoms with Crippen LogP contribution >= 0.6 is 31.9 Å². The summed E-state index contributed by atoms with van der Waals surface area (Å²) in [7, 11) is -2.02. The maximum absolute atomic E-state index is 12.6. The molecule has 10 heteroatoms. The first-order chi connectivity index (χ1) is 15.1. The quantitative estimate of drug-likeness (QED) is 0.253. The monoisotopic (exact) mass is 604 g/mol. The third-order valence-electron chi connectivity index (χ3n) is 5.90. The summed E-state index contributed by atoms with van der Waals surface area (Å²) in [6.07, 6.45) is 1.82. The van der Waals surface area contributed by atoms with Crippen LogP contribution in [0.2, 0.25) is 18.1 Å². The molecule has 2 rings (SSSR count). The predicted molar refractivity (Wildman–Crippen MR) is 142 cm³/mol. The number of nitrogens with zero attached hydrogens (tertiary/aromatic N) is 3. The van der Waals surface area contributed by atoms with Gasteiger partial charge in [-0.15, -0.1) is 5.11 Å². The van der Waals surface area contributed by atoms with Crippen LogP contribution in [0.3, 0.4) is 0 Å². The molecule has 33 heavy (non-hydrogen) atoms. The van der Waals surface area contributed by atoms with Gasteiger partial charge < -0.3 is 14.5 Å². The Balaban J connectivity index is 2.29. The second-order valence-corrected chi connectivity index (χ2v) is 17.5. The average molecular weight is 606 g/mol. The smallest absolute Gasteiger partial charge is 0.408 e. The lowest BCUT2D eigenvalue weighted by molar-refractivity contribution is 0.0484. The third kappa shape index (κ3) is 8.63. The van der Waals surface area contributed by atoms with Crippen molar-refractivity contribution >= 4 is 52.0 Å². The molecule has 1 N–H and O–H groups in total. The van der Waals surface area contributed by atoms with Gasteiger partial charge in [0.05, 0.1) is 12.6 Å². The molecule has 0 unspecified atom stereocenters. The summed E-state index contributed by atoms with van der Waals surface area (Å²) in [5.41, 5.74) is 1.01. The maximum atomic E-state index is 12.6. The molecular weight excluding hydrogens is 568 g/mol. The lowest BCUT2D eigenvalue weighted by Gasteiger charge is -2.37. The van der Waals surface area contributed by atoms with Crippen LogP contribution in [0.5, 0.6) is 0 Å². The van der Waals surface area contributed by atoms with E-state index in [9.17, 15) is 4.79 Å². The summed E-state index contributed by atoms with van der Waals surface area (Å²) in [5.74, 6) is 0. The maximum Gasteiger partial charge on any atom is 0.408 e. The van der Waals surface area contributed by atoms with Gasteiger partial charge in [0.25, 0.3) is 0 Å². The van der Waals surface area contributed by atoms with E-state index < -0.39 is 20.0 Å². The Morgan fingerprint density at radius 3 is 2.15 bits per heavy atom. The molecule has 1 saturated heterocycles. The van der Waals surface area contributed by atoms with Crippen molar-refractivity contribution in [2.24, 2.45) is 10.3 Å². The molecule has 1 amide bonds. The van der Waals surface area contributed by atoms with E-state index in [0.29, 0.717) is 12.3 Å². The molecule has 0 radical (unpaired) electrons. The van der Waals surface area contributed by atoms with Crippen LogP contribution in [0.1, 0.15) is 66.0 Å². The van der Waals surface area contributed by atoms with E-state index in [1.165, 1.54) is 0 Å². The molecule has 1 aliphatic rings. The van der Waals surface area contributed by atoms with Gasteiger partial charge in [-0.1, -0.05) is 26.0 Å². The van der Waals surface area contributed by atoms with Gasteiger partial charge in [-0.2, -0.15) is 0 Å². The molecular formula is C23H38Br2N4O3Si. The number of halogens is 2. The van der Waals surface area contributed by atoms with Crippen LogP contribution in [0.25, 0.3) is 0 Å². The average Bonchev–Trinajstić information content (AvgIpc) is 3.15. The van der Waals surface area contributed by atoms with Crippen LogP contribution in [-0.4, -0.2) is 44.7 Å². The first-order valence-electron chi connectivity index (χ1n) is 11.4. The van der Waals surface area contributed by atoms with E-state index in [0.717, 1.165) is 40.4 Å². The second-order valence-electron chi connectivity index (χ2n) is 11.0. The summed E-state index contributed by atoms with van der Waals surface area (Å²) in [5, 5.41) is 13.8. The molecule has 1 aromatic rings. The summed E-state index contributed by atoms with van der Waals surface area (Å²) >= 11 is 7.27. The first-order valence-corrected chi connectivity index (χ1v) is 15.9. The van der Waals surface area contributed by atoms with Crippen molar-refractivity contribution in [3.63, 3.8) is 0 Å². The summed E-state index contributed by atoms with van der Waals surface area (Å²) < 4.78 is 13.5. The zero-order valence-corrected chi connectivity index (χ0v) is 25.3. The third-order valence-corrected chi connectivity index (χ3v) is 11.6. The molecule has 0 bridgehead atoms. The lowest BCUT2D eigenvalue weighted by atomic mass is 10.1. The molecule has 0 saturated carbocycles. The van der Waals surface area contributed by atoms with Crippen LogP contribution in [0, 0.1) is 0 Å². The number of hydrogen-bond donors (Lipinski definition) is 1. The largest absolute Gasteiger partial charge is 0.444 e. The minimum Gasteiger partial charge on any atom is -0.444 e. The summed E-state index contributed by atoms with van der Waals surface area (Å²) in [6.45, 7) is 18.8. The van der Waals surface area contributed by atoms with Crippen LogP contribution in [-0.2, 0) is 9.16 Å². The van der Waals surface area contributed by atoms with Crippen molar-refractivity contribution in [1.82, 2.24) is 10.3 Å². The lowest BCUT2D eigenvalue weighted by Crippen LogP contribution is -2.44. The number of rotatable bonds is 7. The number of ether oxygens (including phenoxy) is 1. The molecule has 186 valence electrons. The fourth-order valence-corrected chi connectivity index (χ4v) is 5.36. The molecule has 0 spiro atoms. The number of benzene rings is 1. The highest BCUT2D eigenvalue weighted by atomic mass is 79.9. The Morgan fingerprint density at radius 1 is 1.12 bits per heavy atom. The van der Waals surface area contributed by atoms with Crippen molar-refractivity contribution in [3.8, 4) is 0 Å². The van der Waals surface area contributed by atoms with Gasteiger partial charge >= 0.3 is 6.09 Å². The van der Waals surface area contributed by atoms with Gasteiger partial charge in [0.1, 0.15) is 11.3 Å². The fraction of sp³-hybridized carbons (Fsp3) is 0.696. The first kappa shape index (κ1) is 28.3. The minimum absolute atomic E-state index is 0.0600. The Labute approximate surface area is 216 Å². The summed E-state index contributed by atoms with van der Waals surface area (Å²) in [4.78, 5) is 12.6. The molecule has 1 aliphatic heterocycles. The number of carbonyl (C=O) groups excluding carboxylic acids is 1. The SMILES string of the molecule is CC(C)(C)OC(=O)N[C@@H](CO[Si](C)(C)C(C)(C)C)c1cc(Br)c(N=NN2CCCC2)c(Br)c1. The van der Waals surface area contributed by atoms with Crippen molar-refractivity contribution < 1.29 is 14.0 Å². The van der Waals surface area contributed by atoms with Crippen molar-refractivity contribution in [2.45, 2.75) is 84.2 Å². The van der Waals surface area contributed by atoms with Gasteiger partial charge in [0.15, 0.2) is 8.32 Å². The standard InChI is InChI=1S/C23H38Br2N4O3Si/c1-22(2,3)32-21(30)26-19(15-31-33(7,8)23(4,5)6)16-13-17(24)20(18(25)14-16)27-28-29-11-9-10-12-29/h13-14,19H,9-12,15H2,1-8H3,(H,26,30)/t19-/m0/s1. The molecule has 1 fully saturated rings. The van der Waals surface area contributed by atoms with Gasteiger partial charge in [0.2, 0.25) is 0 Å². The highest BCUT2D eigenvalue weighted by molar-refractivity contribution is 9.11. The van der Waals surface area contributed by atoms with E-state index >= 15 is 0 Å². The Morgan fingerprint density at radius 2 is 1.67 bits per heavy atom. The fourth-order valence-electron chi connectivity index (χ4n) is 2.96. The number of amides is 1. The predicted octanol–water partition coefficient (Wildman–Crippen LogP) is 7.89. The molecule has 1 aromatic carbocycles. The molecule has 1 heterocycles. The van der Waals surface area contributed by atoms with E-state index in [1.54, 1.807) is 0 Å². The van der Waals surface area contributed by atoms with E-state index in [1.807, 2.05) is 37.9 Å². The highest BCUT2D eigenvalue weighted by Gasteiger charge is 2.38. The molecule has 0 aromatic heterocycles. The minimum atomic E-state index is -2.02. The van der Waals surface area contributed by atoms with Gasteiger partial charge in [0, 0.05) is 22.0 Å². The van der Waals surface area contributed by atoms with Gasteiger partial charge in [-0.25, -0.2) is 4.79 Å². The van der Waals surface area contributed by atoms with Gasteiger partial charge in [-0.3, -0.25) is 5.01 Å². The van der Waals surface area contributed by atoms with E-state index in [4.69, 9.17) is 9.16 Å². The highest BCUT2D eigenvalue weighted by Crippen LogP contribution is 2.39. The van der Waals surface area contributed by atoms with Crippen LogP contribution < -0.4 is 5.32 Å². The number of alkyl carbamates (subject to hydrolysis) is 1. The van der Waals surface area contributed by atoms with E-state index in [-0.39, 0.29) is 11.1 Å². The molecule has 1 atom stereocenters. The number of nitrogens with one attached hydrogen (secondary N) is 1. The summed E-state index contributed by atoms with van der Waals surface area (Å²) in [6, 6.07) is 3.53. The zero-order valence-electron chi connectivity index (χ0n) is 21.1. The van der Waals surface area contributed by atoms with Crippen LogP contribution in [0.15, 0.2) is 31.4 Å². The Hall–Kier alpha value is -0.973.